The van der Waals surface area contributed by atoms with E-state index in [1.165, 1.54) is 22.6 Å². The topological polar surface area (TPSA) is 20.0 Å². The van der Waals surface area contributed by atoms with E-state index in [4.69, 9.17) is 0 Å². The van der Waals surface area contributed by atoms with Gasteiger partial charge >= 0.3 is 6.18 Å². The summed E-state index contributed by atoms with van der Waals surface area (Å²) in [5.74, 6) is 0. The summed E-state index contributed by atoms with van der Waals surface area (Å²) in [6.45, 7) is 4.70. The first-order valence-corrected chi connectivity index (χ1v) is 8.34. The summed E-state index contributed by atoms with van der Waals surface area (Å²) in [4.78, 5) is 1.52. The van der Waals surface area contributed by atoms with Gasteiger partial charge in [-0.05, 0) is 17.7 Å². The van der Waals surface area contributed by atoms with Crippen molar-refractivity contribution in [3.63, 3.8) is 0 Å². The zero-order chi connectivity index (χ0) is 17.7. The summed E-state index contributed by atoms with van der Waals surface area (Å²) in [6.07, 6.45) is -2.67. The maximum absolute atomic E-state index is 12.5. The third kappa shape index (κ3) is 5.06. The third-order valence-electron chi connectivity index (χ3n) is 4.35. The minimum Gasteiger partial charge on any atom is -0.328 e. The summed E-state index contributed by atoms with van der Waals surface area (Å²) in [7, 11) is 0. The number of halogens is 3. The molecule has 0 aromatic heterocycles. The lowest BCUT2D eigenvalue weighted by atomic mass is 10.1. The van der Waals surface area contributed by atoms with Crippen LogP contribution in [-0.2, 0) is 12.7 Å². The normalized spacial score (nSPS) is 16.5. The number of hydrazone groups is 1. The second kappa shape index (κ2) is 7.70. The largest absolute Gasteiger partial charge is 0.416 e. The first kappa shape index (κ1) is 17.5. The molecule has 2 aromatic rings. The molecule has 0 aliphatic carbocycles. The first-order valence-electron chi connectivity index (χ1n) is 8.34. The molecule has 1 heterocycles. The van der Waals surface area contributed by atoms with Crippen LogP contribution in [0.15, 0.2) is 59.7 Å². The SMILES string of the molecule is FC(F)(F)c1ccc(/C=N\N2CC[NH+](Cc3ccccc3)CC2)cc1. The summed E-state index contributed by atoms with van der Waals surface area (Å²) < 4.78 is 37.6. The van der Waals surface area contributed by atoms with Crippen LogP contribution in [0.4, 0.5) is 13.2 Å². The molecule has 3 rings (SSSR count). The van der Waals surface area contributed by atoms with Gasteiger partial charge in [0.05, 0.1) is 38.0 Å². The van der Waals surface area contributed by atoms with Crippen LogP contribution in [0.1, 0.15) is 16.7 Å². The molecule has 0 amide bonds. The summed E-state index contributed by atoms with van der Waals surface area (Å²) in [5, 5.41) is 6.38. The fourth-order valence-corrected chi connectivity index (χ4v) is 2.89. The molecular formula is C19H21F3N3+. The molecule has 0 unspecified atom stereocenters. The minimum atomic E-state index is -4.30. The summed E-state index contributed by atoms with van der Waals surface area (Å²) in [6, 6.07) is 15.5. The number of hydrogen-bond donors (Lipinski definition) is 1. The van der Waals surface area contributed by atoms with E-state index >= 15 is 0 Å². The van der Waals surface area contributed by atoms with E-state index in [0.717, 1.165) is 44.9 Å². The zero-order valence-corrected chi connectivity index (χ0v) is 13.8. The van der Waals surface area contributed by atoms with Crippen LogP contribution in [-0.4, -0.2) is 37.4 Å². The fraction of sp³-hybridized carbons (Fsp3) is 0.316. The van der Waals surface area contributed by atoms with Gasteiger partial charge in [-0.3, -0.25) is 5.01 Å². The van der Waals surface area contributed by atoms with Crippen molar-refractivity contribution in [1.29, 1.82) is 0 Å². The Bertz CT molecular complexity index is 688. The van der Waals surface area contributed by atoms with Crippen LogP contribution in [0.25, 0.3) is 0 Å². The summed E-state index contributed by atoms with van der Waals surface area (Å²) in [5.41, 5.74) is 1.37. The lowest BCUT2D eigenvalue weighted by molar-refractivity contribution is -0.918. The van der Waals surface area contributed by atoms with Gasteiger partial charge in [0.15, 0.2) is 0 Å². The Hall–Kier alpha value is -2.34. The highest BCUT2D eigenvalue weighted by atomic mass is 19.4. The molecule has 0 bridgehead atoms. The molecule has 1 fully saturated rings. The molecule has 132 valence electrons. The van der Waals surface area contributed by atoms with Crippen LogP contribution in [0.2, 0.25) is 0 Å². The van der Waals surface area contributed by atoms with Gasteiger partial charge in [0.2, 0.25) is 0 Å². The maximum atomic E-state index is 12.5. The Labute approximate surface area is 145 Å². The van der Waals surface area contributed by atoms with Crippen molar-refractivity contribution in [2.45, 2.75) is 12.7 Å². The number of alkyl halides is 3. The highest BCUT2D eigenvalue weighted by Crippen LogP contribution is 2.28. The molecule has 1 aliphatic rings. The first-order chi connectivity index (χ1) is 12.0. The van der Waals surface area contributed by atoms with Crippen LogP contribution in [0.5, 0.6) is 0 Å². The van der Waals surface area contributed by atoms with Gasteiger partial charge in [-0.25, -0.2) is 0 Å². The molecule has 0 radical (unpaired) electrons. The van der Waals surface area contributed by atoms with E-state index in [0.29, 0.717) is 5.56 Å². The van der Waals surface area contributed by atoms with E-state index in [1.807, 2.05) is 11.1 Å². The van der Waals surface area contributed by atoms with Crippen molar-refractivity contribution >= 4 is 6.21 Å². The van der Waals surface area contributed by atoms with E-state index in [9.17, 15) is 13.2 Å². The third-order valence-corrected chi connectivity index (χ3v) is 4.35. The van der Waals surface area contributed by atoms with Crippen LogP contribution in [0, 0.1) is 0 Å². The second-order valence-corrected chi connectivity index (χ2v) is 6.23. The number of nitrogens with zero attached hydrogens (tertiary/aromatic N) is 2. The number of quaternary nitrogens is 1. The Morgan fingerprint density at radius 3 is 2.20 bits per heavy atom. The maximum Gasteiger partial charge on any atom is 0.416 e. The number of piperazine rings is 1. The highest BCUT2D eigenvalue weighted by Gasteiger charge is 2.29. The molecule has 1 aliphatic heterocycles. The van der Waals surface area contributed by atoms with Crippen molar-refractivity contribution in [3.05, 3.63) is 71.3 Å². The molecule has 0 saturated carbocycles. The van der Waals surface area contributed by atoms with E-state index in [2.05, 4.69) is 29.4 Å². The lowest BCUT2D eigenvalue weighted by Crippen LogP contribution is -3.13. The van der Waals surface area contributed by atoms with Crippen molar-refractivity contribution in [3.8, 4) is 0 Å². The molecule has 0 spiro atoms. The average molecular weight is 348 g/mol. The van der Waals surface area contributed by atoms with Gasteiger partial charge < -0.3 is 4.90 Å². The van der Waals surface area contributed by atoms with Crippen molar-refractivity contribution in [1.82, 2.24) is 5.01 Å². The molecule has 25 heavy (non-hydrogen) atoms. The minimum absolute atomic E-state index is 0.636. The molecule has 2 aromatic carbocycles. The number of benzene rings is 2. The van der Waals surface area contributed by atoms with Crippen molar-refractivity contribution in [2.75, 3.05) is 26.2 Å². The predicted molar refractivity (Wildman–Crippen MR) is 91.5 cm³/mol. The molecule has 0 atom stereocenters. The average Bonchev–Trinajstić information content (AvgIpc) is 2.62. The molecular weight excluding hydrogens is 327 g/mol. The standard InChI is InChI=1S/C19H20F3N3/c20-19(21,22)18-8-6-16(7-9-18)14-23-25-12-10-24(11-13-25)15-17-4-2-1-3-5-17/h1-9,14H,10-13,15H2/p+1/b23-14-. The number of hydrogen-bond acceptors (Lipinski definition) is 2. The lowest BCUT2D eigenvalue weighted by Gasteiger charge is -2.30. The summed E-state index contributed by atoms with van der Waals surface area (Å²) >= 11 is 0. The van der Waals surface area contributed by atoms with Crippen LogP contribution >= 0.6 is 0 Å². The number of nitrogens with one attached hydrogen (secondary N) is 1. The van der Waals surface area contributed by atoms with Gasteiger partial charge in [-0.2, -0.15) is 18.3 Å². The number of rotatable bonds is 4. The molecule has 3 nitrogen and oxygen atoms in total. The van der Waals surface area contributed by atoms with E-state index < -0.39 is 11.7 Å². The van der Waals surface area contributed by atoms with Crippen LogP contribution in [0.3, 0.4) is 0 Å². The Morgan fingerprint density at radius 1 is 0.960 bits per heavy atom. The van der Waals surface area contributed by atoms with Gasteiger partial charge in [0, 0.05) is 5.56 Å². The van der Waals surface area contributed by atoms with Crippen molar-refractivity contribution < 1.29 is 18.1 Å². The molecule has 1 saturated heterocycles. The van der Waals surface area contributed by atoms with Gasteiger partial charge in [-0.1, -0.05) is 42.5 Å². The van der Waals surface area contributed by atoms with Gasteiger partial charge in [0.1, 0.15) is 6.54 Å². The Morgan fingerprint density at radius 2 is 1.60 bits per heavy atom. The molecule has 6 heteroatoms. The predicted octanol–water partition coefficient (Wildman–Crippen LogP) is 2.44. The quantitative estimate of drug-likeness (QED) is 0.842. The van der Waals surface area contributed by atoms with Gasteiger partial charge in [0.25, 0.3) is 0 Å². The van der Waals surface area contributed by atoms with Crippen molar-refractivity contribution in [2.24, 2.45) is 5.10 Å². The fourth-order valence-electron chi connectivity index (χ4n) is 2.89. The monoisotopic (exact) mass is 348 g/mol. The van der Waals surface area contributed by atoms with E-state index in [-0.39, 0.29) is 0 Å². The smallest absolute Gasteiger partial charge is 0.328 e. The van der Waals surface area contributed by atoms with E-state index in [1.54, 1.807) is 6.21 Å². The van der Waals surface area contributed by atoms with Gasteiger partial charge in [-0.15, -0.1) is 0 Å². The Kier molecular flexibility index (Phi) is 5.38. The molecule has 1 N–H and O–H groups in total. The second-order valence-electron chi connectivity index (χ2n) is 6.23. The van der Waals surface area contributed by atoms with Crippen LogP contribution < -0.4 is 4.90 Å². The zero-order valence-electron chi connectivity index (χ0n) is 13.8. The Balaban J connectivity index is 1.49. The highest BCUT2D eigenvalue weighted by molar-refractivity contribution is 5.79.